The molecule has 0 saturated carbocycles. The van der Waals surface area contributed by atoms with Crippen LogP contribution in [0.3, 0.4) is 0 Å². The van der Waals surface area contributed by atoms with Crippen molar-refractivity contribution in [1.29, 1.82) is 0 Å². The molecular formula is C21H16Cl3N3O3S. The molecule has 3 aromatic rings. The van der Waals surface area contributed by atoms with Crippen LogP contribution in [0, 0.1) is 0 Å². The number of hydrogen-bond acceptors (Lipinski definition) is 4. The van der Waals surface area contributed by atoms with E-state index < -0.39 is 22.5 Å². The van der Waals surface area contributed by atoms with Gasteiger partial charge in [-0.15, -0.1) is 0 Å². The molecule has 0 aliphatic heterocycles. The first kappa shape index (κ1) is 23.1. The van der Waals surface area contributed by atoms with E-state index in [0.717, 1.165) is 4.31 Å². The average molecular weight is 497 g/mol. The highest BCUT2D eigenvalue weighted by molar-refractivity contribution is 7.92. The molecule has 160 valence electrons. The van der Waals surface area contributed by atoms with Crippen LogP contribution in [0.25, 0.3) is 0 Å². The van der Waals surface area contributed by atoms with Gasteiger partial charge in [0, 0.05) is 15.1 Å². The summed E-state index contributed by atoms with van der Waals surface area (Å²) < 4.78 is 27.4. The van der Waals surface area contributed by atoms with Gasteiger partial charge >= 0.3 is 0 Å². The number of halogens is 3. The van der Waals surface area contributed by atoms with E-state index in [1.54, 1.807) is 42.5 Å². The molecule has 6 nitrogen and oxygen atoms in total. The molecular weight excluding hydrogens is 481 g/mol. The number of anilines is 1. The summed E-state index contributed by atoms with van der Waals surface area (Å²) in [6.45, 7) is -0.536. The fourth-order valence-corrected chi connectivity index (χ4v) is 4.68. The Bertz CT molecular complexity index is 1180. The Kier molecular flexibility index (Phi) is 7.56. The van der Waals surface area contributed by atoms with Crippen molar-refractivity contribution in [2.75, 3.05) is 10.8 Å². The molecule has 0 fully saturated rings. The molecule has 3 rings (SSSR count). The molecule has 1 amide bonds. The number of sulfonamides is 1. The first-order valence-corrected chi connectivity index (χ1v) is 11.4. The maximum atomic E-state index is 13.2. The van der Waals surface area contributed by atoms with E-state index in [1.165, 1.54) is 36.5 Å². The number of hydrogen-bond donors (Lipinski definition) is 1. The van der Waals surface area contributed by atoms with Crippen LogP contribution in [0.2, 0.25) is 15.1 Å². The largest absolute Gasteiger partial charge is 0.271 e. The van der Waals surface area contributed by atoms with E-state index in [0.29, 0.717) is 10.6 Å². The van der Waals surface area contributed by atoms with Crippen molar-refractivity contribution in [3.8, 4) is 0 Å². The first-order valence-electron chi connectivity index (χ1n) is 8.87. The van der Waals surface area contributed by atoms with Gasteiger partial charge in [0.2, 0.25) is 0 Å². The minimum Gasteiger partial charge on any atom is -0.271 e. The SMILES string of the molecule is O=C(CN(c1cc(Cl)cc(Cl)c1)S(=O)(=O)c1ccccc1)N/N=C\c1ccc(Cl)cc1. The molecule has 10 heteroatoms. The fraction of sp³-hybridized carbons (Fsp3) is 0.0476. The third-order valence-electron chi connectivity index (χ3n) is 4.03. The van der Waals surface area contributed by atoms with Gasteiger partial charge in [-0.3, -0.25) is 9.10 Å². The maximum absolute atomic E-state index is 13.2. The summed E-state index contributed by atoms with van der Waals surface area (Å²) in [7, 11) is -4.08. The molecule has 0 bridgehead atoms. The highest BCUT2D eigenvalue weighted by Crippen LogP contribution is 2.29. The predicted octanol–water partition coefficient (Wildman–Crippen LogP) is 4.99. The number of amides is 1. The zero-order chi connectivity index (χ0) is 22.4. The maximum Gasteiger partial charge on any atom is 0.264 e. The van der Waals surface area contributed by atoms with Crippen molar-refractivity contribution in [2.24, 2.45) is 5.10 Å². The second-order valence-corrected chi connectivity index (χ2v) is 9.47. The van der Waals surface area contributed by atoms with Gasteiger partial charge in [0.25, 0.3) is 15.9 Å². The number of carbonyl (C=O) groups is 1. The lowest BCUT2D eigenvalue weighted by atomic mass is 10.2. The minimum absolute atomic E-state index is 0.0172. The van der Waals surface area contributed by atoms with Gasteiger partial charge in [0.15, 0.2) is 0 Å². The third kappa shape index (κ3) is 6.21. The summed E-state index contributed by atoms with van der Waals surface area (Å²) in [5.41, 5.74) is 3.18. The van der Waals surface area contributed by atoms with E-state index in [1.807, 2.05) is 0 Å². The quantitative estimate of drug-likeness (QED) is 0.370. The molecule has 3 aromatic carbocycles. The fourth-order valence-electron chi connectivity index (χ4n) is 2.61. The molecule has 0 aromatic heterocycles. The lowest BCUT2D eigenvalue weighted by Gasteiger charge is -2.24. The smallest absolute Gasteiger partial charge is 0.264 e. The highest BCUT2D eigenvalue weighted by Gasteiger charge is 2.27. The van der Waals surface area contributed by atoms with Crippen LogP contribution in [0.5, 0.6) is 0 Å². The van der Waals surface area contributed by atoms with Gasteiger partial charge in [0.1, 0.15) is 6.54 Å². The van der Waals surface area contributed by atoms with Gasteiger partial charge in [-0.05, 0) is 48.0 Å². The number of benzene rings is 3. The van der Waals surface area contributed by atoms with E-state index in [2.05, 4.69) is 10.5 Å². The molecule has 0 heterocycles. The van der Waals surface area contributed by atoms with Crippen molar-refractivity contribution in [3.05, 3.63) is 93.4 Å². The number of nitrogens with one attached hydrogen (secondary N) is 1. The zero-order valence-corrected chi connectivity index (χ0v) is 19.0. The second kappa shape index (κ2) is 10.2. The topological polar surface area (TPSA) is 78.8 Å². The Hall–Kier alpha value is -2.58. The average Bonchev–Trinajstić information content (AvgIpc) is 2.73. The van der Waals surface area contributed by atoms with Gasteiger partial charge in [0.05, 0.1) is 16.8 Å². The van der Waals surface area contributed by atoms with Crippen molar-refractivity contribution in [2.45, 2.75) is 4.90 Å². The molecule has 0 radical (unpaired) electrons. The lowest BCUT2D eigenvalue weighted by Crippen LogP contribution is -2.39. The Morgan fingerprint density at radius 3 is 2.13 bits per heavy atom. The zero-order valence-electron chi connectivity index (χ0n) is 15.9. The molecule has 1 N–H and O–H groups in total. The van der Waals surface area contributed by atoms with E-state index >= 15 is 0 Å². The van der Waals surface area contributed by atoms with Crippen molar-refractivity contribution >= 4 is 62.6 Å². The van der Waals surface area contributed by atoms with E-state index in [-0.39, 0.29) is 20.6 Å². The second-order valence-electron chi connectivity index (χ2n) is 6.30. The minimum atomic E-state index is -4.08. The predicted molar refractivity (Wildman–Crippen MR) is 125 cm³/mol. The normalized spacial score (nSPS) is 11.5. The van der Waals surface area contributed by atoms with Gasteiger partial charge in [-0.25, -0.2) is 13.8 Å². The first-order chi connectivity index (χ1) is 14.8. The number of carbonyl (C=O) groups excluding carboxylic acids is 1. The molecule has 31 heavy (non-hydrogen) atoms. The van der Waals surface area contributed by atoms with Crippen LogP contribution in [0.1, 0.15) is 5.56 Å². The standard InChI is InChI=1S/C21H16Cl3N3O3S/c22-16-8-6-15(7-9-16)13-25-26-21(28)14-27(19-11-17(23)10-18(24)12-19)31(29,30)20-4-2-1-3-5-20/h1-13H,14H2,(H,26,28)/b25-13-. The number of nitrogens with zero attached hydrogens (tertiary/aromatic N) is 2. The summed E-state index contributed by atoms with van der Waals surface area (Å²) in [4.78, 5) is 12.5. The van der Waals surface area contributed by atoms with Gasteiger partial charge < -0.3 is 0 Å². The summed E-state index contributed by atoms with van der Waals surface area (Å²) in [6, 6.07) is 18.8. The molecule has 0 saturated heterocycles. The Balaban J connectivity index is 1.86. The van der Waals surface area contributed by atoms with Crippen LogP contribution in [0.15, 0.2) is 82.8 Å². The van der Waals surface area contributed by atoms with Crippen LogP contribution in [0.4, 0.5) is 5.69 Å². The Labute approximate surface area is 195 Å². The Morgan fingerprint density at radius 2 is 1.52 bits per heavy atom. The van der Waals surface area contributed by atoms with E-state index in [9.17, 15) is 13.2 Å². The van der Waals surface area contributed by atoms with Crippen LogP contribution in [-0.2, 0) is 14.8 Å². The van der Waals surface area contributed by atoms with E-state index in [4.69, 9.17) is 34.8 Å². The van der Waals surface area contributed by atoms with Crippen molar-refractivity contribution in [1.82, 2.24) is 5.43 Å². The molecule has 0 aliphatic carbocycles. The molecule has 0 spiro atoms. The summed E-state index contributed by atoms with van der Waals surface area (Å²) in [5, 5.41) is 4.91. The number of rotatable bonds is 7. The summed E-state index contributed by atoms with van der Waals surface area (Å²) in [6.07, 6.45) is 1.42. The van der Waals surface area contributed by atoms with Crippen LogP contribution in [-0.4, -0.2) is 27.1 Å². The summed E-state index contributed by atoms with van der Waals surface area (Å²) in [5.74, 6) is -0.652. The summed E-state index contributed by atoms with van der Waals surface area (Å²) >= 11 is 17.9. The van der Waals surface area contributed by atoms with Gasteiger partial charge in [-0.1, -0.05) is 65.1 Å². The molecule has 0 aliphatic rings. The monoisotopic (exact) mass is 495 g/mol. The number of hydrazone groups is 1. The highest BCUT2D eigenvalue weighted by atomic mass is 35.5. The van der Waals surface area contributed by atoms with Crippen molar-refractivity contribution in [3.63, 3.8) is 0 Å². The molecule has 0 unspecified atom stereocenters. The molecule has 0 atom stereocenters. The Morgan fingerprint density at radius 1 is 0.903 bits per heavy atom. The third-order valence-corrected chi connectivity index (χ3v) is 6.50. The van der Waals surface area contributed by atoms with Crippen LogP contribution < -0.4 is 9.73 Å². The lowest BCUT2D eigenvalue weighted by molar-refractivity contribution is -0.119. The van der Waals surface area contributed by atoms with Crippen LogP contribution >= 0.6 is 34.8 Å². The van der Waals surface area contributed by atoms with Gasteiger partial charge in [-0.2, -0.15) is 5.10 Å². The van der Waals surface area contributed by atoms with Crippen molar-refractivity contribution < 1.29 is 13.2 Å².